The summed E-state index contributed by atoms with van der Waals surface area (Å²) >= 11 is 0. The van der Waals surface area contributed by atoms with Crippen molar-refractivity contribution in [2.24, 2.45) is 0 Å². The zero-order valence-corrected chi connectivity index (χ0v) is 9.69. The molecule has 0 amide bonds. The maximum Gasteiger partial charge on any atom is 0.143 e. The van der Waals surface area contributed by atoms with Gasteiger partial charge in [-0.2, -0.15) is 0 Å². The van der Waals surface area contributed by atoms with Crippen molar-refractivity contribution < 1.29 is 5.11 Å². The van der Waals surface area contributed by atoms with Crippen molar-refractivity contribution in [3.8, 4) is 5.75 Å². The number of benzene rings is 2. The Labute approximate surface area is 105 Å². The van der Waals surface area contributed by atoms with Gasteiger partial charge in [0.2, 0.25) is 0 Å². The topological polar surface area (TPSA) is 72.0 Å². The minimum atomic E-state index is 0.125. The molecule has 0 fully saturated rings. The summed E-state index contributed by atoms with van der Waals surface area (Å²) in [5.74, 6) is 0.480. The molecular weight excluding hydrogens is 226 g/mol. The molecule has 18 heavy (non-hydrogen) atoms. The smallest absolute Gasteiger partial charge is 0.143 e. The maximum atomic E-state index is 9.32. The van der Waals surface area contributed by atoms with Crippen LogP contribution in [0.3, 0.4) is 0 Å². The first kappa shape index (κ1) is 11.9. The quantitative estimate of drug-likeness (QED) is 0.632. The molecule has 4 heteroatoms. The van der Waals surface area contributed by atoms with Gasteiger partial charge in [-0.3, -0.25) is 0 Å². The van der Waals surface area contributed by atoms with Gasteiger partial charge in [-0.05, 0) is 12.1 Å². The zero-order chi connectivity index (χ0) is 12.8. The number of nitrogen functional groups attached to an aromatic ring is 1. The number of nitrogens with zero attached hydrogens (tertiary/aromatic N) is 2. The highest BCUT2D eigenvalue weighted by atomic mass is 16.3. The van der Waals surface area contributed by atoms with E-state index in [-0.39, 0.29) is 5.75 Å². The minimum Gasteiger partial charge on any atom is -0.506 e. The molecule has 4 nitrogen and oxygen atoms in total. The van der Waals surface area contributed by atoms with Gasteiger partial charge in [-0.1, -0.05) is 42.5 Å². The molecule has 3 rings (SSSR count). The number of anilines is 1. The van der Waals surface area contributed by atoms with Gasteiger partial charge in [0.05, 0.1) is 11.7 Å². The van der Waals surface area contributed by atoms with Crippen LogP contribution in [0.4, 0.5) is 5.82 Å². The second kappa shape index (κ2) is 5.63. The second-order valence-corrected chi connectivity index (χ2v) is 3.59. The molecule has 0 radical (unpaired) electrons. The number of hydrogen-bond donors (Lipinski definition) is 2. The molecule has 0 saturated carbocycles. The van der Waals surface area contributed by atoms with Gasteiger partial charge < -0.3 is 10.8 Å². The lowest BCUT2D eigenvalue weighted by Gasteiger charge is -1.98. The lowest BCUT2D eigenvalue weighted by atomic mass is 10.3. The van der Waals surface area contributed by atoms with Crippen LogP contribution in [-0.2, 0) is 0 Å². The summed E-state index contributed by atoms with van der Waals surface area (Å²) in [6, 6.07) is 17.0. The second-order valence-electron chi connectivity index (χ2n) is 3.59. The van der Waals surface area contributed by atoms with Crippen molar-refractivity contribution >= 4 is 16.9 Å². The van der Waals surface area contributed by atoms with Crippen molar-refractivity contribution in [3.05, 3.63) is 60.8 Å². The molecule has 3 aromatic rings. The van der Waals surface area contributed by atoms with Crippen LogP contribution in [0.15, 0.2) is 60.8 Å². The molecule has 0 saturated heterocycles. The summed E-state index contributed by atoms with van der Waals surface area (Å²) in [4.78, 5) is 7.93. The van der Waals surface area contributed by atoms with Crippen LogP contribution in [0, 0.1) is 0 Å². The van der Waals surface area contributed by atoms with Gasteiger partial charge in [0, 0.05) is 0 Å². The molecule has 0 bridgehead atoms. The molecule has 1 heterocycles. The third-order valence-electron chi connectivity index (χ3n) is 2.24. The number of nitrogens with two attached hydrogens (primary N) is 1. The molecule has 3 N–H and O–H groups in total. The molecule has 0 spiro atoms. The average Bonchev–Trinajstić information content (AvgIpc) is 2.41. The van der Waals surface area contributed by atoms with E-state index in [0.717, 1.165) is 0 Å². The number of phenolic OH excluding ortho intramolecular Hbond substituents is 1. The van der Waals surface area contributed by atoms with Crippen LogP contribution < -0.4 is 5.73 Å². The van der Waals surface area contributed by atoms with E-state index in [1.165, 1.54) is 6.20 Å². The van der Waals surface area contributed by atoms with Gasteiger partial charge in [0.25, 0.3) is 0 Å². The standard InChI is InChI=1S/C8H7N3O.C6H6/c9-7-4-10-8-5(11-7)2-1-3-6(8)12;1-2-4-6-5-3-1/h1-4,12H,(H2,9,11);1-6H. The fourth-order valence-corrected chi connectivity index (χ4v) is 1.43. The Morgan fingerprint density at radius 2 is 1.50 bits per heavy atom. The first-order valence-electron chi connectivity index (χ1n) is 5.47. The van der Waals surface area contributed by atoms with E-state index in [1.54, 1.807) is 18.2 Å². The predicted molar refractivity (Wildman–Crippen MR) is 72.1 cm³/mol. The van der Waals surface area contributed by atoms with Crippen molar-refractivity contribution in [3.63, 3.8) is 0 Å². The van der Waals surface area contributed by atoms with Crippen molar-refractivity contribution in [2.75, 3.05) is 5.73 Å². The van der Waals surface area contributed by atoms with E-state index < -0.39 is 0 Å². The molecule has 0 aliphatic heterocycles. The van der Waals surface area contributed by atoms with E-state index in [4.69, 9.17) is 5.73 Å². The van der Waals surface area contributed by atoms with Crippen LogP contribution in [0.25, 0.3) is 11.0 Å². The largest absolute Gasteiger partial charge is 0.506 e. The first-order chi connectivity index (χ1) is 8.77. The fourth-order valence-electron chi connectivity index (χ4n) is 1.43. The number of fused-ring (bicyclic) bond motifs is 1. The number of phenols is 1. The van der Waals surface area contributed by atoms with Gasteiger partial charge in [-0.15, -0.1) is 0 Å². The molecular formula is C14H13N3O. The number of aromatic nitrogens is 2. The molecule has 0 aliphatic rings. The van der Waals surface area contributed by atoms with E-state index >= 15 is 0 Å². The molecule has 1 aromatic heterocycles. The highest BCUT2D eigenvalue weighted by Gasteiger charge is 2.00. The van der Waals surface area contributed by atoms with Crippen molar-refractivity contribution in [1.82, 2.24) is 9.97 Å². The SMILES string of the molecule is Nc1cnc2c(O)cccc2n1.c1ccccc1. The van der Waals surface area contributed by atoms with E-state index in [1.807, 2.05) is 36.4 Å². The summed E-state index contributed by atoms with van der Waals surface area (Å²) in [5, 5.41) is 9.32. The number of rotatable bonds is 0. The van der Waals surface area contributed by atoms with Gasteiger partial charge in [0.15, 0.2) is 0 Å². The summed E-state index contributed by atoms with van der Waals surface area (Å²) < 4.78 is 0. The van der Waals surface area contributed by atoms with Gasteiger partial charge in [-0.25, -0.2) is 9.97 Å². The summed E-state index contributed by atoms with van der Waals surface area (Å²) in [6.45, 7) is 0. The summed E-state index contributed by atoms with van der Waals surface area (Å²) in [7, 11) is 0. The Balaban J connectivity index is 0.000000169. The van der Waals surface area contributed by atoms with Crippen LogP contribution in [0.5, 0.6) is 5.75 Å². The molecule has 2 aromatic carbocycles. The Bertz CT molecular complexity index is 600. The summed E-state index contributed by atoms with van der Waals surface area (Å²) in [5.41, 5.74) is 6.50. The lowest BCUT2D eigenvalue weighted by Crippen LogP contribution is -1.91. The normalized spacial score (nSPS) is 9.56. The van der Waals surface area contributed by atoms with E-state index in [0.29, 0.717) is 16.9 Å². The Morgan fingerprint density at radius 3 is 2.11 bits per heavy atom. The number of aromatic hydroxyl groups is 1. The maximum absolute atomic E-state index is 9.32. The highest BCUT2D eigenvalue weighted by molar-refractivity contribution is 5.81. The fraction of sp³-hybridized carbons (Fsp3) is 0. The third kappa shape index (κ3) is 2.95. The Kier molecular flexibility index (Phi) is 3.71. The molecule has 0 atom stereocenters. The van der Waals surface area contributed by atoms with Crippen LogP contribution in [-0.4, -0.2) is 15.1 Å². The van der Waals surface area contributed by atoms with Gasteiger partial charge in [0.1, 0.15) is 17.1 Å². The average molecular weight is 239 g/mol. The Hall–Kier alpha value is -2.62. The monoisotopic (exact) mass is 239 g/mol. The van der Waals surface area contributed by atoms with Gasteiger partial charge >= 0.3 is 0 Å². The van der Waals surface area contributed by atoms with E-state index in [9.17, 15) is 5.11 Å². The first-order valence-corrected chi connectivity index (χ1v) is 5.47. The van der Waals surface area contributed by atoms with Crippen molar-refractivity contribution in [1.29, 1.82) is 0 Å². The van der Waals surface area contributed by atoms with Crippen LogP contribution >= 0.6 is 0 Å². The third-order valence-corrected chi connectivity index (χ3v) is 2.24. The Morgan fingerprint density at radius 1 is 0.889 bits per heavy atom. The van der Waals surface area contributed by atoms with Crippen LogP contribution in [0.1, 0.15) is 0 Å². The molecule has 0 unspecified atom stereocenters. The van der Waals surface area contributed by atoms with Crippen molar-refractivity contribution in [2.45, 2.75) is 0 Å². The number of hydrogen-bond acceptors (Lipinski definition) is 4. The van der Waals surface area contributed by atoms with Crippen LogP contribution in [0.2, 0.25) is 0 Å². The highest BCUT2D eigenvalue weighted by Crippen LogP contribution is 2.20. The number of para-hydroxylation sites is 1. The zero-order valence-electron chi connectivity index (χ0n) is 9.69. The molecule has 0 aliphatic carbocycles. The summed E-state index contributed by atoms with van der Waals surface area (Å²) in [6.07, 6.45) is 1.42. The molecule has 90 valence electrons. The predicted octanol–water partition coefficient (Wildman–Crippen LogP) is 2.60. The lowest BCUT2D eigenvalue weighted by molar-refractivity contribution is 0.480. The van der Waals surface area contributed by atoms with E-state index in [2.05, 4.69) is 9.97 Å². The minimum absolute atomic E-state index is 0.125.